The van der Waals surface area contributed by atoms with E-state index in [1.807, 2.05) is 0 Å². The van der Waals surface area contributed by atoms with Crippen LogP contribution in [0.4, 0.5) is 0 Å². The summed E-state index contributed by atoms with van der Waals surface area (Å²) in [6.45, 7) is 14.4. The van der Waals surface area contributed by atoms with Crippen LogP contribution in [0.5, 0.6) is 0 Å². The Morgan fingerprint density at radius 3 is 0.562 bits per heavy atom. The van der Waals surface area contributed by atoms with Crippen LogP contribution in [0.2, 0.25) is 0 Å². The van der Waals surface area contributed by atoms with E-state index in [9.17, 15) is 0 Å². The lowest BCUT2D eigenvalue weighted by atomic mass is 9.75. The Labute approximate surface area is 206 Å². The van der Waals surface area contributed by atoms with E-state index in [1.54, 1.807) is 0 Å². The molecule has 0 aromatic carbocycles. The minimum Gasteiger partial charge on any atom is -0.0649 e. The van der Waals surface area contributed by atoms with Gasteiger partial charge < -0.3 is 0 Å². The molecule has 0 saturated heterocycles. The van der Waals surface area contributed by atoms with Crippen LogP contribution in [-0.2, 0) is 0 Å². The van der Waals surface area contributed by atoms with E-state index in [0.29, 0.717) is 10.8 Å². The number of hydrogen-bond acceptors (Lipinski definition) is 0. The van der Waals surface area contributed by atoms with Crippen LogP contribution in [0.15, 0.2) is 0 Å². The molecule has 0 atom stereocenters. The highest BCUT2D eigenvalue weighted by molar-refractivity contribution is 4.75. The number of rotatable bonds is 25. The maximum absolute atomic E-state index is 2.39. The Bertz CT molecular complexity index is 308. The van der Waals surface area contributed by atoms with E-state index in [2.05, 4.69) is 41.5 Å². The normalized spacial score (nSPS) is 12.6. The van der Waals surface area contributed by atoms with Crippen LogP contribution in [0.3, 0.4) is 0 Å². The summed E-state index contributed by atoms with van der Waals surface area (Å²) in [4.78, 5) is 0. The monoisotopic (exact) mass is 451 g/mol. The highest BCUT2D eigenvalue weighted by atomic mass is 14.3. The lowest BCUT2D eigenvalue weighted by Crippen LogP contribution is -2.17. The zero-order valence-electron chi connectivity index (χ0n) is 24.0. The average molecular weight is 451 g/mol. The van der Waals surface area contributed by atoms with Gasteiger partial charge in [0.15, 0.2) is 0 Å². The van der Waals surface area contributed by atoms with Crippen LogP contribution >= 0.6 is 0 Å². The second kappa shape index (κ2) is 21.5. The van der Waals surface area contributed by atoms with Crippen LogP contribution in [0, 0.1) is 10.8 Å². The van der Waals surface area contributed by atoms with Gasteiger partial charge in [-0.1, -0.05) is 183 Å². The number of hydrogen-bond donors (Lipinski definition) is 0. The van der Waals surface area contributed by atoms with Gasteiger partial charge in [0.05, 0.1) is 0 Å². The summed E-state index contributed by atoms with van der Waals surface area (Å²) < 4.78 is 0. The first-order chi connectivity index (χ1) is 15.6. The molecule has 0 heteroatoms. The molecule has 0 saturated carbocycles. The predicted octanol–water partition coefficient (Wildman–Crippen LogP) is 12.4. The van der Waals surface area contributed by atoms with Crippen molar-refractivity contribution >= 4 is 0 Å². The van der Waals surface area contributed by atoms with Crippen molar-refractivity contribution < 1.29 is 0 Å². The third-order valence-electron chi connectivity index (χ3n) is 9.66. The summed E-state index contributed by atoms with van der Waals surface area (Å²) in [5, 5.41) is 0. The van der Waals surface area contributed by atoms with Gasteiger partial charge >= 0.3 is 0 Å². The molecule has 0 fully saturated rings. The first kappa shape index (κ1) is 32.0. The minimum atomic E-state index is 0.658. The summed E-state index contributed by atoms with van der Waals surface area (Å²) in [7, 11) is 0. The molecule has 0 N–H and O–H groups in total. The van der Waals surface area contributed by atoms with Gasteiger partial charge in [-0.25, -0.2) is 0 Å². The topological polar surface area (TPSA) is 0 Å². The van der Waals surface area contributed by atoms with E-state index in [1.165, 1.54) is 154 Å². The van der Waals surface area contributed by atoms with E-state index < -0.39 is 0 Å². The molecular formula is C32H66. The molecule has 0 aliphatic heterocycles. The maximum Gasteiger partial charge on any atom is -0.0305 e. The Hall–Kier alpha value is 0. The molecule has 0 nitrogen and oxygen atoms in total. The van der Waals surface area contributed by atoms with Crippen LogP contribution in [0.1, 0.15) is 196 Å². The zero-order chi connectivity index (χ0) is 24.0. The third kappa shape index (κ3) is 15.0. The summed E-state index contributed by atoms with van der Waals surface area (Å²) in [6.07, 6.45) is 34.8. The van der Waals surface area contributed by atoms with Gasteiger partial charge in [0.1, 0.15) is 0 Å². The van der Waals surface area contributed by atoms with Gasteiger partial charge in [-0.05, 0) is 23.7 Å². The van der Waals surface area contributed by atoms with E-state index >= 15 is 0 Å². The molecule has 0 aliphatic rings. The molecule has 0 aliphatic carbocycles. The summed E-state index contributed by atoms with van der Waals surface area (Å²) in [5.41, 5.74) is 1.32. The summed E-state index contributed by atoms with van der Waals surface area (Å²) in [6, 6.07) is 0. The van der Waals surface area contributed by atoms with Crippen LogP contribution < -0.4 is 0 Å². The predicted molar refractivity (Wildman–Crippen MR) is 150 cm³/mol. The van der Waals surface area contributed by atoms with Gasteiger partial charge in [-0.3, -0.25) is 0 Å². The maximum atomic E-state index is 2.39. The van der Waals surface area contributed by atoms with Gasteiger partial charge in [-0.15, -0.1) is 0 Å². The van der Waals surface area contributed by atoms with Crippen molar-refractivity contribution in [3.8, 4) is 0 Å². The highest BCUT2D eigenvalue weighted by Gasteiger charge is 2.23. The Morgan fingerprint density at radius 2 is 0.406 bits per heavy atom. The highest BCUT2D eigenvalue weighted by Crippen LogP contribution is 2.37. The zero-order valence-corrected chi connectivity index (χ0v) is 24.0. The molecule has 32 heavy (non-hydrogen) atoms. The van der Waals surface area contributed by atoms with Crippen molar-refractivity contribution in [2.45, 2.75) is 196 Å². The second-order valence-electron chi connectivity index (χ2n) is 11.3. The third-order valence-corrected chi connectivity index (χ3v) is 9.66. The molecule has 0 radical (unpaired) electrons. The molecule has 0 unspecified atom stereocenters. The lowest BCUT2D eigenvalue weighted by molar-refractivity contribution is 0.220. The fraction of sp³-hybridized carbons (Fsp3) is 1.00. The van der Waals surface area contributed by atoms with E-state index in [-0.39, 0.29) is 0 Å². The SMILES string of the molecule is CCC(CC)(CC)CCCCCCCCCCCCCCCCCCC(CC)(CC)CC. The molecule has 0 aromatic heterocycles. The second-order valence-corrected chi connectivity index (χ2v) is 11.3. The molecule has 0 amide bonds. The molecule has 0 bridgehead atoms. The fourth-order valence-corrected chi connectivity index (χ4v) is 6.04. The van der Waals surface area contributed by atoms with Crippen molar-refractivity contribution in [1.82, 2.24) is 0 Å². The summed E-state index contributed by atoms with van der Waals surface area (Å²) in [5.74, 6) is 0. The van der Waals surface area contributed by atoms with Crippen molar-refractivity contribution in [3.05, 3.63) is 0 Å². The van der Waals surface area contributed by atoms with Crippen molar-refractivity contribution in [2.75, 3.05) is 0 Å². The first-order valence-corrected chi connectivity index (χ1v) is 15.6. The lowest BCUT2D eigenvalue weighted by Gasteiger charge is -2.30. The van der Waals surface area contributed by atoms with Crippen LogP contribution in [-0.4, -0.2) is 0 Å². The quantitative estimate of drug-likeness (QED) is 0.121. The molecule has 194 valence electrons. The Balaban J connectivity index is 3.33. The number of unbranched alkanes of at least 4 members (excludes halogenated alkanes) is 15. The molecule has 0 spiro atoms. The molecule has 0 aromatic rings. The van der Waals surface area contributed by atoms with Crippen molar-refractivity contribution in [2.24, 2.45) is 10.8 Å². The van der Waals surface area contributed by atoms with Crippen molar-refractivity contribution in [1.29, 1.82) is 0 Å². The average Bonchev–Trinajstić information content (AvgIpc) is 2.84. The molecule has 0 rings (SSSR count). The van der Waals surface area contributed by atoms with Gasteiger partial charge in [-0.2, -0.15) is 0 Å². The van der Waals surface area contributed by atoms with E-state index in [0.717, 1.165) is 0 Å². The standard InChI is InChI=1S/C32H66/c1-7-31(8-2,9-3)29-27-25-23-21-19-17-15-13-14-16-18-20-22-24-26-28-30-32(10-4,11-5)12-6/h7-30H2,1-6H3. The van der Waals surface area contributed by atoms with E-state index in [4.69, 9.17) is 0 Å². The summed E-state index contributed by atoms with van der Waals surface area (Å²) >= 11 is 0. The van der Waals surface area contributed by atoms with Gasteiger partial charge in [0, 0.05) is 0 Å². The van der Waals surface area contributed by atoms with Crippen molar-refractivity contribution in [3.63, 3.8) is 0 Å². The van der Waals surface area contributed by atoms with Gasteiger partial charge in [0.2, 0.25) is 0 Å². The molecular weight excluding hydrogens is 384 g/mol. The Kier molecular flexibility index (Phi) is 21.5. The smallest absolute Gasteiger partial charge is 0.0305 e. The molecule has 0 heterocycles. The van der Waals surface area contributed by atoms with Gasteiger partial charge in [0.25, 0.3) is 0 Å². The fourth-order valence-electron chi connectivity index (χ4n) is 6.04. The largest absolute Gasteiger partial charge is 0.0649 e. The van der Waals surface area contributed by atoms with Crippen LogP contribution in [0.25, 0.3) is 0 Å². The first-order valence-electron chi connectivity index (χ1n) is 15.6. The Morgan fingerprint density at radius 1 is 0.250 bits per heavy atom. The minimum absolute atomic E-state index is 0.658.